The number of amides is 1. The Kier molecular flexibility index (Phi) is 6.00. The molecule has 0 saturated carbocycles. The molecule has 1 N–H and O–H groups in total. The Morgan fingerprint density at radius 2 is 1.93 bits per heavy atom. The SMILES string of the molecule is O=C(CCCS(=O)(=O)Cc1ccccc1)Nc1nc2ccc([N+](=O)[O-])cc2s1. The van der Waals surface area contributed by atoms with Crippen LogP contribution >= 0.6 is 11.3 Å². The second-order valence-electron chi connectivity index (χ2n) is 6.16. The standard InChI is InChI=1S/C18H17N3O5S2/c22-17(7-4-10-28(25,26)12-13-5-2-1-3-6-13)20-18-19-15-9-8-14(21(23)24)11-16(15)27-18/h1-3,5-6,8-9,11H,4,7,10,12H2,(H,19,20,22). The molecule has 0 spiro atoms. The van der Waals surface area contributed by atoms with Crippen LogP contribution in [0.25, 0.3) is 10.2 Å². The van der Waals surface area contributed by atoms with E-state index in [2.05, 4.69) is 10.3 Å². The number of carbonyl (C=O) groups is 1. The maximum Gasteiger partial charge on any atom is 0.270 e. The third kappa shape index (κ3) is 5.33. The molecule has 1 amide bonds. The summed E-state index contributed by atoms with van der Waals surface area (Å²) in [4.78, 5) is 26.6. The minimum absolute atomic E-state index is 0.0438. The summed E-state index contributed by atoms with van der Waals surface area (Å²) in [6.45, 7) is 0. The summed E-state index contributed by atoms with van der Waals surface area (Å²) < 4.78 is 24.9. The molecule has 8 nitrogen and oxygen atoms in total. The first kappa shape index (κ1) is 19.9. The highest BCUT2D eigenvalue weighted by atomic mass is 32.2. The summed E-state index contributed by atoms with van der Waals surface area (Å²) in [5.74, 6) is -0.475. The number of benzene rings is 2. The fourth-order valence-corrected chi connectivity index (χ4v) is 4.96. The number of nitrogens with zero attached hydrogens (tertiary/aromatic N) is 2. The lowest BCUT2D eigenvalue weighted by Crippen LogP contribution is -2.15. The van der Waals surface area contributed by atoms with Gasteiger partial charge in [0.25, 0.3) is 5.69 Å². The smallest absolute Gasteiger partial charge is 0.270 e. The van der Waals surface area contributed by atoms with Crippen molar-refractivity contribution in [2.24, 2.45) is 0 Å². The molecule has 146 valence electrons. The molecule has 10 heteroatoms. The molecule has 0 saturated heterocycles. The third-order valence-corrected chi connectivity index (χ3v) is 6.54. The van der Waals surface area contributed by atoms with E-state index in [9.17, 15) is 23.3 Å². The number of nitro benzene ring substituents is 1. The van der Waals surface area contributed by atoms with Gasteiger partial charge in [0.05, 0.1) is 26.6 Å². The number of rotatable bonds is 8. The van der Waals surface area contributed by atoms with Gasteiger partial charge in [0.2, 0.25) is 5.91 Å². The number of aromatic nitrogens is 1. The van der Waals surface area contributed by atoms with Gasteiger partial charge in [-0.15, -0.1) is 0 Å². The maximum atomic E-state index is 12.1. The Bertz CT molecular complexity index is 1110. The molecule has 0 fully saturated rings. The van der Waals surface area contributed by atoms with Crippen LogP contribution < -0.4 is 5.32 Å². The monoisotopic (exact) mass is 419 g/mol. The van der Waals surface area contributed by atoms with Crippen molar-refractivity contribution in [1.82, 2.24) is 4.98 Å². The number of carbonyl (C=O) groups excluding carboxylic acids is 1. The maximum absolute atomic E-state index is 12.1. The number of hydrogen-bond acceptors (Lipinski definition) is 7. The van der Waals surface area contributed by atoms with Crippen LogP contribution in [0.5, 0.6) is 0 Å². The Morgan fingerprint density at radius 1 is 1.18 bits per heavy atom. The Labute approximate surface area is 165 Å². The lowest BCUT2D eigenvalue weighted by Gasteiger charge is -2.05. The molecule has 3 rings (SSSR count). The zero-order valence-electron chi connectivity index (χ0n) is 14.7. The molecule has 1 heterocycles. The van der Waals surface area contributed by atoms with Crippen molar-refractivity contribution in [2.45, 2.75) is 18.6 Å². The second kappa shape index (κ2) is 8.44. The number of hydrogen-bond donors (Lipinski definition) is 1. The second-order valence-corrected chi connectivity index (χ2v) is 9.37. The fraction of sp³-hybridized carbons (Fsp3) is 0.222. The molecule has 0 aliphatic carbocycles. The highest BCUT2D eigenvalue weighted by molar-refractivity contribution is 7.90. The molecule has 3 aromatic rings. The van der Waals surface area contributed by atoms with E-state index in [1.165, 1.54) is 18.2 Å². The van der Waals surface area contributed by atoms with E-state index in [0.29, 0.717) is 15.3 Å². The molecular weight excluding hydrogens is 402 g/mol. The first-order valence-corrected chi connectivity index (χ1v) is 11.1. The van der Waals surface area contributed by atoms with E-state index in [0.717, 1.165) is 16.9 Å². The minimum Gasteiger partial charge on any atom is -0.302 e. The van der Waals surface area contributed by atoms with E-state index in [-0.39, 0.29) is 35.9 Å². The van der Waals surface area contributed by atoms with Gasteiger partial charge in [0.15, 0.2) is 15.0 Å². The van der Waals surface area contributed by atoms with Gasteiger partial charge in [-0.05, 0) is 18.1 Å². The van der Waals surface area contributed by atoms with E-state index < -0.39 is 14.8 Å². The van der Waals surface area contributed by atoms with Crippen molar-refractivity contribution >= 4 is 48.1 Å². The van der Waals surface area contributed by atoms with Crippen LogP contribution in [-0.4, -0.2) is 30.0 Å². The zero-order chi connectivity index (χ0) is 20.1. The lowest BCUT2D eigenvalue weighted by atomic mass is 10.2. The lowest BCUT2D eigenvalue weighted by molar-refractivity contribution is -0.384. The van der Waals surface area contributed by atoms with Gasteiger partial charge in [-0.25, -0.2) is 13.4 Å². The summed E-state index contributed by atoms with van der Waals surface area (Å²) in [7, 11) is -3.29. The van der Waals surface area contributed by atoms with Crippen LogP contribution in [0, 0.1) is 10.1 Å². The average Bonchev–Trinajstić information content (AvgIpc) is 3.03. The van der Waals surface area contributed by atoms with E-state index in [1.807, 2.05) is 6.07 Å². The van der Waals surface area contributed by atoms with Crippen LogP contribution in [0.1, 0.15) is 18.4 Å². The van der Waals surface area contributed by atoms with Gasteiger partial charge >= 0.3 is 0 Å². The predicted molar refractivity (Wildman–Crippen MR) is 108 cm³/mol. The van der Waals surface area contributed by atoms with Gasteiger partial charge in [0.1, 0.15) is 0 Å². The highest BCUT2D eigenvalue weighted by Crippen LogP contribution is 2.29. The van der Waals surface area contributed by atoms with Gasteiger partial charge in [-0.2, -0.15) is 0 Å². The van der Waals surface area contributed by atoms with Crippen LogP contribution in [-0.2, 0) is 20.4 Å². The number of thiazole rings is 1. The Balaban J connectivity index is 1.53. The molecule has 0 bridgehead atoms. The molecule has 0 atom stereocenters. The number of fused-ring (bicyclic) bond motifs is 1. The van der Waals surface area contributed by atoms with E-state index in [4.69, 9.17) is 0 Å². The van der Waals surface area contributed by atoms with Gasteiger partial charge < -0.3 is 5.32 Å². The molecule has 0 radical (unpaired) electrons. The normalized spacial score (nSPS) is 11.4. The summed E-state index contributed by atoms with van der Waals surface area (Å²) in [6, 6.07) is 13.2. The molecule has 1 aromatic heterocycles. The van der Waals surface area contributed by atoms with Gasteiger partial charge in [0, 0.05) is 18.6 Å². The summed E-state index contributed by atoms with van der Waals surface area (Å²) >= 11 is 1.13. The molecule has 0 aliphatic rings. The van der Waals surface area contributed by atoms with Crippen molar-refractivity contribution in [3.05, 3.63) is 64.2 Å². The number of nitro groups is 1. The van der Waals surface area contributed by atoms with Gasteiger partial charge in [-0.1, -0.05) is 41.7 Å². The van der Waals surface area contributed by atoms with Gasteiger partial charge in [-0.3, -0.25) is 14.9 Å². The molecule has 28 heavy (non-hydrogen) atoms. The van der Waals surface area contributed by atoms with Crippen molar-refractivity contribution in [3.8, 4) is 0 Å². The Morgan fingerprint density at radius 3 is 2.64 bits per heavy atom. The molecule has 0 aliphatic heterocycles. The highest BCUT2D eigenvalue weighted by Gasteiger charge is 2.15. The van der Waals surface area contributed by atoms with Crippen molar-refractivity contribution < 1.29 is 18.1 Å². The number of anilines is 1. The van der Waals surface area contributed by atoms with Crippen molar-refractivity contribution in [3.63, 3.8) is 0 Å². The van der Waals surface area contributed by atoms with Crippen molar-refractivity contribution in [1.29, 1.82) is 0 Å². The van der Waals surface area contributed by atoms with Crippen LogP contribution in [0.15, 0.2) is 48.5 Å². The quantitative estimate of drug-likeness (QED) is 0.440. The topological polar surface area (TPSA) is 119 Å². The fourth-order valence-electron chi connectivity index (χ4n) is 2.62. The van der Waals surface area contributed by atoms with Crippen molar-refractivity contribution in [2.75, 3.05) is 11.1 Å². The average molecular weight is 419 g/mol. The largest absolute Gasteiger partial charge is 0.302 e. The minimum atomic E-state index is -3.29. The zero-order valence-corrected chi connectivity index (χ0v) is 16.3. The van der Waals surface area contributed by atoms with Crippen LogP contribution in [0.4, 0.5) is 10.8 Å². The van der Waals surface area contributed by atoms with Crippen LogP contribution in [0.3, 0.4) is 0 Å². The first-order valence-electron chi connectivity index (χ1n) is 8.41. The summed E-state index contributed by atoms with van der Waals surface area (Å²) in [5.41, 5.74) is 1.23. The van der Waals surface area contributed by atoms with E-state index in [1.54, 1.807) is 24.3 Å². The Hall–Kier alpha value is -2.85. The summed E-state index contributed by atoms with van der Waals surface area (Å²) in [5, 5.41) is 13.8. The summed E-state index contributed by atoms with van der Waals surface area (Å²) in [6.07, 6.45) is 0.251. The third-order valence-electron chi connectivity index (χ3n) is 3.92. The first-order chi connectivity index (χ1) is 13.3. The molecular formula is C18H17N3O5S2. The number of sulfone groups is 1. The van der Waals surface area contributed by atoms with Crippen LogP contribution in [0.2, 0.25) is 0 Å². The number of non-ortho nitro benzene ring substituents is 1. The molecule has 2 aromatic carbocycles. The molecule has 0 unspecified atom stereocenters. The number of nitrogens with one attached hydrogen (secondary N) is 1. The predicted octanol–water partition coefficient (Wildman–Crippen LogP) is 3.54. The van der Waals surface area contributed by atoms with E-state index >= 15 is 0 Å².